The fourth-order valence-electron chi connectivity index (χ4n) is 1.77. The Hall–Kier alpha value is -1.71. The lowest BCUT2D eigenvalue weighted by Gasteiger charge is -2.08. The van der Waals surface area contributed by atoms with Crippen LogP contribution in [0.3, 0.4) is 0 Å². The molecule has 0 aliphatic heterocycles. The maximum absolute atomic E-state index is 12.2. The number of anilines is 1. The highest BCUT2D eigenvalue weighted by Crippen LogP contribution is 2.19. The maximum atomic E-state index is 12.2. The molecule has 23 heavy (non-hydrogen) atoms. The summed E-state index contributed by atoms with van der Waals surface area (Å²) in [7, 11) is -3.76. The van der Waals surface area contributed by atoms with Crippen LogP contribution in [0.4, 0.5) is 5.82 Å². The lowest BCUT2D eigenvalue weighted by atomic mass is 10.2. The monoisotopic (exact) mass is 359 g/mol. The van der Waals surface area contributed by atoms with Crippen LogP contribution in [0, 0.1) is 0 Å². The highest BCUT2D eigenvalue weighted by atomic mass is 35.5. The van der Waals surface area contributed by atoms with Gasteiger partial charge in [-0.1, -0.05) is 30.6 Å². The Kier molecular flexibility index (Phi) is 5.55. The molecule has 3 N–H and O–H groups in total. The molecular weight excluding hydrogens is 342 g/mol. The Labute approximate surface area is 139 Å². The molecule has 0 atom stereocenters. The van der Waals surface area contributed by atoms with Crippen molar-refractivity contribution in [3.63, 3.8) is 0 Å². The molecule has 8 nitrogen and oxygen atoms in total. The molecule has 2 heterocycles. The third kappa shape index (κ3) is 4.63. The first-order valence-electron chi connectivity index (χ1n) is 7.03. The van der Waals surface area contributed by atoms with E-state index in [1.54, 1.807) is 0 Å². The summed E-state index contributed by atoms with van der Waals surface area (Å²) in [6, 6.07) is 1.26. The van der Waals surface area contributed by atoms with Gasteiger partial charge in [0.15, 0.2) is 5.82 Å². The summed E-state index contributed by atoms with van der Waals surface area (Å²) in [6.07, 6.45) is 2.27. The molecule has 0 spiro atoms. The summed E-state index contributed by atoms with van der Waals surface area (Å²) >= 11 is 5.75. The summed E-state index contributed by atoms with van der Waals surface area (Å²) in [5.41, 5.74) is 5.58. The minimum Gasteiger partial charge on any atom is -0.383 e. The van der Waals surface area contributed by atoms with Crippen LogP contribution in [0.5, 0.6) is 0 Å². The van der Waals surface area contributed by atoms with E-state index < -0.39 is 10.0 Å². The van der Waals surface area contributed by atoms with Crippen molar-refractivity contribution in [2.24, 2.45) is 0 Å². The Morgan fingerprint density at radius 2 is 2.17 bits per heavy atom. The van der Waals surface area contributed by atoms with E-state index in [-0.39, 0.29) is 28.2 Å². The van der Waals surface area contributed by atoms with E-state index in [9.17, 15) is 8.42 Å². The molecule has 0 aliphatic carbocycles. The minimum absolute atomic E-state index is 0.0969. The van der Waals surface area contributed by atoms with Crippen LogP contribution in [-0.2, 0) is 16.4 Å². The predicted octanol–water partition coefficient (Wildman–Crippen LogP) is 1.73. The summed E-state index contributed by atoms with van der Waals surface area (Å²) in [6.45, 7) is 4.13. The number of nitrogens with zero attached hydrogens (tertiary/aromatic N) is 3. The molecule has 2 rings (SSSR count). The SMILES string of the molecule is CC(C)c1noc(CCCNS(=O)(=O)c2cc(Cl)cnc2N)n1. The van der Waals surface area contributed by atoms with Gasteiger partial charge in [-0.05, 0) is 12.5 Å². The average Bonchev–Trinajstić information content (AvgIpc) is 2.95. The van der Waals surface area contributed by atoms with Crippen molar-refractivity contribution < 1.29 is 12.9 Å². The third-order valence-electron chi connectivity index (χ3n) is 3.00. The molecule has 2 aromatic heterocycles. The molecule has 0 radical (unpaired) electrons. The van der Waals surface area contributed by atoms with Gasteiger partial charge in [0.05, 0.1) is 5.02 Å². The van der Waals surface area contributed by atoms with Crippen molar-refractivity contribution in [1.82, 2.24) is 19.8 Å². The van der Waals surface area contributed by atoms with E-state index in [0.29, 0.717) is 24.6 Å². The lowest BCUT2D eigenvalue weighted by Crippen LogP contribution is -2.26. The van der Waals surface area contributed by atoms with Gasteiger partial charge in [-0.2, -0.15) is 4.98 Å². The Morgan fingerprint density at radius 1 is 1.43 bits per heavy atom. The second-order valence-corrected chi connectivity index (χ2v) is 7.41. The largest absolute Gasteiger partial charge is 0.383 e. The first-order valence-corrected chi connectivity index (χ1v) is 8.89. The molecule has 2 aromatic rings. The maximum Gasteiger partial charge on any atom is 0.244 e. The first kappa shape index (κ1) is 17.6. The van der Waals surface area contributed by atoms with E-state index >= 15 is 0 Å². The number of aryl methyl sites for hydroxylation is 1. The standard InChI is InChI=1S/C13H18ClN5O3S/c1-8(2)13-18-11(22-19-13)4-3-5-17-23(20,21)10-6-9(14)7-16-12(10)15/h6-8,17H,3-5H2,1-2H3,(H2,15,16). The van der Waals surface area contributed by atoms with Gasteiger partial charge in [0.25, 0.3) is 0 Å². The van der Waals surface area contributed by atoms with E-state index in [0.717, 1.165) is 0 Å². The summed E-state index contributed by atoms with van der Waals surface area (Å²) < 4.78 is 31.9. The molecule has 0 saturated carbocycles. The quantitative estimate of drug-likeness (QED) is 0.721. The molecular formula is C13H18ClN5O3S. The number of rotatable bonds is 7. The van der Waals surface area contributed by atoms with Crippen molar-refractivity contribution in [2.45, 2.75) is 37.5 Å². The molecule has 0 amide bonds. The Bertz CT molecular complexity index is 776. The van der Waals surface area contributed by atoms with Crippen molar-refractivity contribution in [3.8, 4) is 0 Å². The molecule has 0 unspecified atom stereocenters. The van der Waals surface area contributed by atoms with E-state index in [1.807, 2.05) is 13.8 Å². The van der Waals surface area contributed by atoms with Crippen LogP contribution < -0.4 is 10.5 Å². The zero-order valence-electron chi connectivity index (χ0n) is 12.8. The van der Waals surface area contributed by atoms with Crippen LogP contribution >= 0.6 is 11.6 Å². The van der Waals surface area contributed by atoms with Crippen LogP contribution in [0.25, 0.3) is 0 Å². The van der Waals surface area contributed by atoms with Crippen molar-refractivity contribution in [1.29, 1.82) is 0 Å². The summed E-state index contributed by atoms with van der Waals surface area (Å²) in [5.74, 6) is 1.21. The van der Waals surface area contributed by atoms with E-state index in [2.05, 4.69) is 19.8 Å². The number of sulfonamides is 1. The van der Waals surface area contributed by atoms with Gasteiger partial charge in [-0.3, -0.25) is 0 Å². The van der Waals surface area contributed by atoms with Gasteiger partial charge in [0.2, 0.25) is 15.9 Å². The van der Waals surface area contributed by atoms with Gasteiger partial charge in [-0.15, -0.1) is 0 Å². The lowest BCUT2D eigenvalue weighted by molar-refractivity contribution is 0.368. The Balaban J connectivity index is 1.91. The van der Waals surface area contributed by atoms with Gasteiger partial charge < -0.3 is 10.3 Å². The summed E-state index contributed by atoms with van der Waals surface area (Å²) in [4.78, 5) is 7.82. The number of hydrogen-bond donors (Lipinski definition) is 2. The summed E-state index contributed by atoms with van der Waals surface area (Å²) in [5, 5.41) is 4.05. The van der Waals surface area contributed by atoms with Crippen LogP contribution in [-0.4, -0.2) is 30.1 Å². The van der Waals surface area contributed by atoms with Crippen molar-refractivity contribution >= 4 is 27.4 Å². The third-order valence-corrected chi connectivity index (χ3v) is 4.69. The molecule has 0 aliphatic rings. The number of pyridine rings is 1. The number of nitrogens with one attached hydrogen (secondary N) is 1. The predicted molar refractivity (Wildman–Crippen MR) is 85.6 cm³/mol. The van der Waals surface area contributed by atoms with Crippen LogP contribution in [0.2, 0.25) is 5.02 Å². The normalized spacial score (nSPS) is 12.0. The molecule has 10 heteroatoms. The topological polar surface area (TPSA) is 124 Å². The van der Waals surface area contributed by atoms with Crippen LogP contribution in [0.1, 0.15) is 37.9 Å². The average molecular weight is 360 g/mol. The van der Waals surface area contributed by atoms with E-state index in [1.165, 1.54) is 12.3 Å². The number of nitrogens with two attached hydrogens (primary N) is 1. The smallest absolute Gasteiger partial charge is 0.244 e. The fraction of sp³-hybridized carbons (Fsp3) is 0.462. The molecule has 0 aromatic carbocycles. The van der Waals surface area contributed by atoms with E-state index in [4.69, 9.17) is 21.9 Å². The second-order valence-electron chi connectivity index (χ2n) is 5.24. The zero-order chi connectivity index (χ0) is 17.0. The van der Waals surface area contributed by atoms with Gasteiger partial charge >= 0.3 is 0 Å². The van der Waals surface area contributed by atoms with Crippen molar-refractivity contribution in [2.75, 3.05) is 12.3 Å². The number of nitrogen functional groups attached to an aromatic ring is 1. The number of hydrogen-bond acceptors (Lipinski definition) is 7. The fourth-order valence-corrected chi connectivity index (χ4v) is 3.18. The molecule has 126 valence electrons. The van der Waals surface area contributed by atoms with Gasteiger partial charge in [0, 0.05) is 25.1 Å². The minimum atomic E-state index is -3.76. The van der Waals surface area contributed by atoms with Gasteiger partial charge in [-0.25, -0.2) is 18.1 Å². The molecule has 0 bridgehead atoms. The Morgan fingerprint density at radius 3 is 2.83 bits per heavy atom. The first-order chi connectivity index (χ1) is 10.8. The van der Waals surface area contributed by atoms with Crippen LogP contribution in [0.15, 0.2) is 21.7 Å². The molecule has 0 saturated heterocycles. The van der Waals surface area contributed by atoms with Gasteiger partial charge in [0.1, 0.15) is 10.7 Å². The number of halogens is 1. The number of aromatic nitrogens is 3. The second kappa shape index (κ2) is 7.24. The van der Waals surface area contributed by atoms with Crippen molar-refractivity contribution in [3.05, 3.63) is 29.0 Å². The highest BCUT2D eigenvalue weighted by Gasteiger charge is 2.18. The molecule has 0 fully saturated rings. The highest BCUT2D eigenvalue weighted by molar-refractivity contribution is 7.89. The zero-order valence-corrected chi connectivity index (χ0v) is 14.4.